The third-order valence-electron chi connectivity index (χ3n) is 3.93. The SMILES string of the molecule is CCCCCCCCCCOC(CBr)COC(=O)c1ccccc1. The Hall–Kier alpha value is -0.870. The molecule has 0 N–H and O–H groups in total. The number of ether oxygens (including phenoxy) is 2. The fourth-order valence-electron chi connectivity index (χ4n) is 2.45. The Labute approximate surface area is 155 Å². The van der Waals surface area contributed by atoms with E-state index < -0.39 is 0 Å². The molecule has 1 atom stereocenters. The summed E-state index contributed by atoms with van der Waals surface area (Å²) in [5.41, 5.74) is 0.578. The Morgan fingerprint density at radius 2 is 1.62 bits per heavy atom. The third-order valence-corrected chi connectivity index (χ3v) is 4.66. The van der Waals surface area contributed by atoms with Crippen molar-refractivity contribution >= 4 is 21.9 Å². The number of carbonyl (C=O) groups excluding carboxylic acids is 1. The summed E-state index contributed by atoms with van der Waals surface area (Å²) in [5.74, 6) is -0.294. The molecule has 1 rings (SSSR count). The number of carbonyl (C=O) groups is 1. The zero-order valence-electron chi connectivity index (χ0n) is 14.8. The van der Waals surface area contributed by atoms with Gasteiger partial charge in [-0.1, -0.05) is 86.0 Å². The number of unbranched alkanes of at least 4 members (excludes halogenated alkanes) is 7. The lowest BCUT2D eigenvalue weighted by molar-refractivity contribution is 0.000986. The number of alkyl halides is 1. The molecular weight excluding hydrogens is 368 g/mol. The molecule has 1 unspecified atom stereocenters. The van der Waals surface area contributed by atoms with Crippen molar-refractivity contribution in [2.75, 3.05) is 18.5 Å². The quantitative estimate of drug-likeness (QED) is 0.227. The molecule has 0 radical (unpaired) electrons. The minimum atomic E-state index is -0.294. The summed E-state index contributed by atoms with van der Waals surface area (Å²) in [6.45, 7) is 3.26. The molecule has 0 fully saturated rings. The van der Waals surface area contributed by atoms with Crippen molar-refractivity contribution in [3.8, 4) is 0 Å². The summed E-state index contributed by atoms with van der Waals surface area (Å²) >= 11 is 3.42. The zero-order chi connectivity index (χ0) is 17.5. The highest BCUT2D eigenvalue weighted by Crippen LogP contribution is 2.09. The first kappa shape index (κ1) is 21.2. The molecule has 4 heteroatoms. The minimum Gasteiger partial charge on any atom is -0.459 e. The Bertz CT molecular complexity index is 422. The summed E-state index contributed by atoms with van der Waals surface area (Å²) in [7, 11) is 0. The Morgan fingerprint density at radius 1 is 1.00 bits per heavy atom. The van der Waals surface area contributed by atoms with E-state index in [4.69, 9.17) is 9.47 Å². The van der Waals surface area contributed by atoms with Crippen LogP contribution in [0.5, 0.6) is 0 Å². The van der Waals surface area contributed by atoms with Gasteiger partial charge in [-0.2, -0.15) is 0 Å². The van der Waals surface area contributed by atoms with Crippen molar-refractivity contribution < 1.29 is 14.3 Å². The van der Waals surface area contributed by atoms with E-state index in [0.717, 1.165) is 13.0 Å². The normalized spacial score (nSPS) is 12.1. The number of esters is 1. The molecule has 3 nitrogen and oxygen atoms in total. The average molecular weight is 399 g/mol. The van der Waals surface area contributed by atoms with Crippen molar-refractivity contribution in [3.63, 3.8) is 0 Å². The molecule has 136 valence electrons. The molecule has 24 heavy (non-hydrogen) atoms. The highest BCUT2D eigenvalue weighted by Gasteiger charge is 2.12. The predicted octanol–water partition coefficient (Wildman–Crippen LogP) is 5.76. The van der Waals surface area contributed by atoms with Gasteiger partial charge < -0.3 is 9.47 Å². The molecule has 0 bridgehead atoms. The van der Waals surface area contributed by atoms with Crippen molar-refractivity contribution in [1.29, 1.82) is 0 Å². The second-order valence-corrected chi connectivity index (χ2v) is 6.73. The van der Waals surface area contributed by atoms with Crippen molar-refractivity contribution in [2.45, 2.75) is 64.4 Å². The highest BCUT2D eigenvalue weighted by molar-refractivity contribution is 9.09. The standard InChI is InChI=1S/C20H31BrO3/c1-2-3-4-5-6-7-8-12-15-23-19(16-21)17-24-20(22)18-13-10-9-11-14-18/h9-11,13-14,19H,2-8,12,15-17H2,1H3. The van der Waals surface area contributed by atoms with Crippen LogP contribution in [-0.2, 0) is 9.47 Å². The van der Waals surface area contributed by atoms with Crippen LogP contribution < -0.4 is 0 Å². The number of hydrogen-bond donors (Lipinski definition) is 0. The Balaban J connectivity index is 2.05. The maximum atomic E-state index is 11.9. The second kappa shape index (κ2) is 14.5. The van der Waals surface area contributed by atoms with Gasteiger partial charge in [-0.05, 0) is 18.6 Å². The molecule has 1 aromatic rings. The highest BCUT2D eigenvalue weighted by atomic mass is 79.9. The van der Waals surface area contributed by atoms with E-state index in [9.17, 15) is 4.79 Å². The lowest BCUT2D eigenvalue weighted by Gasteiger charge is -2.15. The van der Waals surface area contributed by atoms with Gasteiger partial charge in [0.05, 0.1) is 5.56 Å². The van der Waals surface area contributed by atoms with Crippen LogP contribution in [0.2, 0.25) is 0 Å². The molecule has 0 heterocycles. The summed E-state index contributed by atoms with van der Waals surface area (Å²) in [6, 6.07) is 9.05. The van der Waals surface area contributed by atoms with Crippen LogP contribution in [0.15, 0.2) is 30.3 Å². The first-order chi connectivity index (χ1) is 11.8. The molecule has 0 saturated heterocycles. The Morgan fingerprint density at radius 3 is 2.25 bits per heavy atom. The summed E-state index contributed by atoms with van der Waals surface area (Å²) < 4.78 is 11.1. The topological polar surface area (TPSA) is 35.5 Å². The lowest BCUT2D eigenvalue weighted by atomic mass is 10.1. The fourth-order valence-corrected chi connectivity index (χ4v) is 2.82. The Kier molecular flexibility index (Phi) is 12.8. The summed E-state index contributed by atoms with van der Waals surface area (Å²) in [6.07, 6.45) is 10.2. The predicted molar refractivity (Wildman–Crippen MR) is 103 cm³/mol. The van der Waals surface area contributed by atoms with Crippen LogP contribution in [0.4, 0.5) is 0 Å². The van der Waals surface area contributed by atoms with Crippen LogP contribution in [0.25, 0.3) is 0 Å². The van der Waals surface area contributed by atoms with Gasteiger partial charge >= 0.3 is 5.97 Å². The minimum absolute atomic E-state index is 0.0813. The van der Waals surface area contributed by atoms with Gasteiger partial charge in [0.2, 0.25) is 0 Å². The molecule has 0 aliphatic carbocycles. The number of benzene rings is 1. The van der Waals surface area contributed by atoms with E-state index in [1.807, 2.05) is 18.2 Å². The number of hydrogen-bond acceptors (Lipinski definition) is 3. The van der Waals surface area contributed by atoms with Crippen LogP contribution >= 0.6 is 15.9 Å². The third kappa shape index (κ3) is 10.1. The van der Waals surface area contributed by atoms with Gasteiger partial charge in [0.25, 0.3) is 0 Å². The van der Waals surface area contributed by atoms with Crippen LogP contribution in [-0.4, -0.2) is 30.6 Å². The van der Waals surface area contributed by atoms with Gasteiger partial charge in [0.15, 0.2) is 0 Å². The number of halogens is 1. The maximum Gasteiger partial charge on any atom is 0.338 e. The molecule has 0 aliphatic rings. The van der Waals surface area contributed by atoms with Gasteiger partial charge in [0.1, 0.15) is 12.7 Å². The molecule has 0 spiro atoms. The van der Waals surface area contributed by atoms with Crippen molar-refractivity contribution in [2.24, 2.45) is 0 Å². The van der Waals surface area contributed by atoms with Gasteiger partial charge in [-0.3, -0.25) is 0 Å². The summed E-state index contributed by atoms with van der Waals surface area (Å²) in [5, 5.41) is 0.673. The fraction of sp³-hybridized carbons (Fsp3) is 0.650. The van der Waals surface area contributed by atoms with E-state index in [1.165, 1.54) is 44.9 Å². The van der Waals surface area contributed by atoms with E-state index in [0.29, 0.717) is 10.9 Å². The van der Waals surface area contributed by atoms with E-state index in [-0.39, 0.29) is 18.7 Å². The first-order valence-electron chi connectivity index (χ1n) is 9.17. The maximum absolute atomic E-state index is 11.9. The van der Waals surface area contributed by atoms with Crippen LogP contribution in [0.3, 0.4) is 0 Å². The number of rotatable bonds is 14. The monoisotopic (exact) mass is 398 g/mol. The van der Waals surface area contributed by atoms with Gasteiger partial charge in [-0.25, -0.2) is 4.79 Å². The molecule has 0 aliphatic heterocycles. The largest absolute Gasteiger partial charge is 0.459 e. The second-order valence-electron chi connectivity index (χ2n) is 6.09. The van der Waals surface area contributed by atoms with Crippen molar-refractivity contribution in [3.05, 3.63) is 35.9 Å². The molecule has 0 saturated carbocycles. The smallest absolute Gasteiger partial charge is 0.338 e. The van der Waals surface area contributed by atoms with Gasteiger partial charge in [0, 0.05) is 11.9 Å². The first-order valence-corrected chi connectivity index (χ1v) is 10.3. The van der Waals surface area contributed by atoms with Crippen molar-refractivity contribution in [1.82, 2.24) is 0 Å². The van der Waals surface area contributed by atoms with Crippen LogP contribution in [0.1, 0.15) is 68.6 Å². The molecular formula is C20H31BrO3. The molecule has 1 aromatic carbocycles. The molecule has 0 amide bonds. The molecule has 0 aromatic heterocycles. The lowest BCUT2D eigenvalue weighted by Crippen LogP contribution is -2.24. The van der Waals surface area contributed by atoms with E-state index >= 15 is 0 Å². The zero-order valence-corrected chi connectivity index (χ0v) is 16.4. The van der Waals surface area contributed by atoms with E-state index in [2.05, 4.69) is 22.9 Å². The summed E-state index contributed by atoms with van der Waals surface area (Å²) in [4.78, 5) is 11.9. The van der Waals surface area contributed by atoms with Gasteiger partial charge in [-0.15, -0.1) is 0 Å². The van der Waals surface area contributed by atoms with E-state index in [1.54, 1.807) is 12.1 Å². The van der Waals surface area contributed by atoms with Crippen LogP contribution in [0, 0.1) is 0 Å². The average Bonchev–Trinajstić information content (AvgIpc) is 2.63.